The molecule has 0 N–H and O–H groups in total. The maximum Gasteiger partial charge on any atom is 0.193 e. The smallest absolute Gasteiger partial charge is 0.193 e. The van der Waals surface area contributed by atoms with E-state index in [1.807, 2.05) is 84.3 Å². The SMILES string of the molecule is O=C(C(=Cc1cccs1)c1ccccc1)c1ccccc1. The van der Waals surface area contributed by atoms with Gasteiger partial charge in [0.15, 0.2) is 5.78 Å². The number of thiophene rings is 1. The second-order valence-electron chi connectivity index (χ2n) is 4.63. The Morgan fingerprint density at radius 1 is 0.762 bits per heavy atom. The van der Waals surface area contributed by atoms with Crippen LogP contribution in [0.1, 0.15) is 20.8 Å². The zero-order valence-corrected chi connectivity index (χ0v) is 12.2. The zero-order valence-electron chi connectivity index (χ0n) is 11.4. The Balaban J connectivity index is 2.07. The molecule has 1 nitrogen and oxygen atoms in total. The summed E-state index contributed by atoms with van der Waals surface area (Å²) in [5.74, 6) is 0.0511. The molecule has 0 aliphatic rings. The molecule has 1 heterocycles. The fourth-order valence-corrected chi connectivity index (χ4v) is 2.82. The molecule has 0 amide bonds. The Hall–Kier alpha value is -2.45. The lowest BCUT2D eigenvalue weighted by Crippen LogP contribution is -2.02. The number of rotatable bonds is 4. The number of carbonyl (C=O) groups is 1. The van der Waals surface area contributed by atoms with E-state index in [2.05, 4.69) is 0 Å². The fourth-order valence-electron chi connectivity index (χ4n) is 2.16. The minimum atomic E-state index is 0.0511. The summed E-state index contributed by atoms with van der Waals surface area (Å²) in [6, 6.07) is 23.2. The lowest BCUT2D eigenvalue weighted by molar-refractivity contribution is 0.105. The van der Waals surface area contributed by atoms with Crippen molar-refractivity contribution in [2.75, 3.05) is 0 Å². The predicted molar refractivity (Wildman–Crippen MR) is 89.4 cm³/mol. The first-order valence-electron chi connectivity index (χ1n) is 6.75. The van der Waals surface area contributed by atoms with Crippen molar-refractivity contribution in [3.63, 3.8) is 0 Å². The molecule has 21 heavy (non-hydrogen) atoms. The van der Waals surface area contributed by atoms with Gasteiger partial charge in [0.05, 0.1) is 0 Å². The van der Waals surface area contributed by atoms with Crippen molar-refractivity contribution in [3.8, 4) is 0 Å². The van der Waals surface area contributed by atoms with E-state index in [0.717, 1.165) is 16.0 Å². The molecule has 2 aromatic carbocycles. The van der Waals surface area contributed by atoms with Crippen LogP contribution in [0.5, 0.6) is 0 Å². The number of hydrogen-bond donors (Lipinski definition) is 0. The highest BCUT2D eigenvalue weighted by atomic mass is 32.1. The van der Waals surface area contributed by atoms with Crippen LogP contribution in [-0.2, 0) is 0 Å². The van der Waals surface area contributed by atoms with Gasteiger partial charge >= 0.3 is 0 Å². The lowest BCUT2D eigenvalue weighted by Gasteiger charge is -2.07. The summed E-state index contributed by atoms with van der Waals surface area (Å²) in [5, 5.41) is 2.02. The number of hydrogen-bond acceptors (Lipinski definition) is 2. The van der Waals surface area contributed by atoms with Crippen molar-refractivity contribution in [2.45, 2.75) is 0 Å². The zero-order chi connectivity index (χ0) is 14.5. The average molecular weight is 290 g/mol. The van der Waals surface area contributed by atoms with Crippen molar-refractivity contribution in [2.24, 2.45) is 0 Å². The highest BCUT2D eigenvalue weighted by molar-refractivity contribution is 7.11. The van der Waals surface area contributed by atoms with Gasteiger partial charge in [-0.1, -0.05) is 66.7 Å². The van der Waals surface area contributed by atoms with Crippen molar-refractivity contribution >= 4 is 28.8 Å². The van der Waals surface area contributed by atoms with Gasteiger partial charge in [-0.3, -0.25) is 4.79 Å². The van der Waals surface area contributed by atoms with Gasteiger partial charge in [-0.15, -0.1) is 11.3 Å². The number of ketones is 1. The summed E-state index contributed by atoms with van der Waals surface area (Å²) in [4.78, 5) is 13.9. The third kappa shape index (κ3) is 3.18. The molecule has 102 valence electrons. The molecule has 3 aromatic rings. The largest absolute Gasteiger partial charge is 0.289 e. The summed E-state index contributed by atoms with van der Waals surface area (Å²) < 4.78 is 0. The first-order valence-corrected chi connectivity index (χ1v) is 7.63. The standard InChI is InChI=1S/C19H14OS/c20-19(16-10-5-2-6-11-16)18(14-17-12-7-13-21-17)15-8-3-1-4-9-15/h1-14H. The molecule has 0 bridgehead atoms. The second kappa shape index (κ2) is 6.33. The van der Waals surface area contributed by atoms with Crippen LogP contribution in [0.2, 0.25) is 0 Å². The third-order valence-electron chi connectivity index (χ3n) is 3.20. The average Bonchev–Trinajstić information content (AvgIpc) is 3.07. The van der Waals surface area contributed by atoms with Gasteiger partial charge in [-0.05, 0) is 23.1 Å². The van der Waals surface area contributed by atoms with E-state index in [1.165, 1.54) is 0 Å². The molecule has 0 spiro atoms. The minimum Gasteiger partial charge on any atom is -0.289 e. The van der Waals surface area contributed by atoms with Crippen molar-refractivity contribution in [1.29, 1.82) is 0 Å². The maximum absolute atomic E-state index is 12.8. The molecule has 0 fully saturated rings. The summed E-state index contributed by atoms with van der Waals surface area (Å²) in [5.41, 5.74) is 2.38. The Labute approximate surface area is 128 Å². The van der Waals surface area contributed by atoms with Crippen LogP contribution < -0.4 is 0 Å². The van der Waals surface area contributed by atoms with E-state index in [1.54, 1.807) is 11.3 Å². The summed E-state index contributed by atoms with van der Waals surface area (Å²) in [6.07, 6.45) is 1.97. The summed E-state index contributed by atoms with van der Waals surface area (Å²) in [7, 11) is 0. The Morgan fingerprint density at radius 2 is 1.38 bits per heavy atom. The van der Waals surface area contributed by atoms with Crippen LogP contribution in [0.25, 0.3) is 11.6 Å². The van der Waals surface area contributed by atoms with Crippen molar-refractivity contribution in [3.05, 3.63) is 94.2 Å². The van der Waals surface area contributed by atoms with E-state index in [9.17, 15) is 4.79 Å². The number of Topliss-reactive ketones (excluding diaryl/α,β-unsaturated/α-hetero) is 1. The van der Waals surface area contributed by atoms with Gasteiger partial charge in [-0.2, -0.15) is 0 Å². The molecule has 0 radical (unpaired) electrons. The van der Waals surface area contributed by atoms with Crippen LogP contribution >= 0.6 is 11.3 Å². The molecule has 3 rings (SSSR count). The quantitative estimate of drug-likeness (QED) is 0.478. The van der Waals surface area contributed by atoms with Crippen LogP contribution in [0.15, 0.2) is 78.2 Å². The van der Waals surface area contributed by atoms with E-state index in [0.29, 0.717) is 5.56 Å². The minimum absolute atomic E-state index is 0.0511. The van der Waals surface area contributed by atoms with Gasteiger partial charge in [0, 0.05) is 16.0 Å². The highest BCUT2D eigenvalue weighted by Crippen LogP contribution is 2.24. The van der Waals surface area contributed by atoms with Gasteiger partial charge in [-0.25, -0.2) is 0 Å². The molecule has 0 atom stereocenters. The van der Waals surface area contributed by atoms with Gasteiger partial charge in [0.2, 0.25) is 0 Å². The van der Waals surface area contributed by atoms with Crippen molar-refractivity contribution < 1.29 is 4.79 Å². The van der Waals surface area contributed by atoms with Crippen LogP contribution in [-0.4, -0.2) is 5.78 Å². The molecule has 0 unspecified atom stereocenters. The Morgan fingerprint density at radius 3 is 1.95 bits per heavy atom. The number of allylic oxidation sites excluding steroid dienone is 1. The molecular formula is C19H14OS. The van der Waals surface area contributed by atoms with Gasteiger partial charge < -0.3 is 0 Å². The molecule has 0 aliphatic carbocycles. The third-order valence-corrected chi connectivity index (χ3v) is 4.01. The van der Waals surface area contributed by atoms with Crippen LogP contribution in [0.4, 0.5) is 0 Å². The number of benzene rings is 2. The van der Waals surface area contributed by atoms with Crippen LogP contribution in [0.3, 0.4) is 0 Å². The number of carbonyl (C=O) groups excluding carboxylic acids is 1. The maximum atomic E-state index is 12.8. The first kappa shape index (κ1) is 13.5. The Kier molecular flexibility index (Phi) is 4.08. The molecule has 0 aliphatic heterocycles. The Bertz CT molecular complexity index is 741. The highest BCUT2D eigenvalue weighted by Gasteiger charge is 2.14. The normalized spacial score (nSPS) is 11.3. The van der Waals surface area contributed by atoms with Gasteiger partial charge in [0.25, 0.3) is 0 Å². The predicted octanol–water partition coefficient (Wildman–Crippen LogP) is 5.17. The monoisotopic (exact) mass is 290 g/mol. The fraction of sp³-hybridized carbons (Fsp3) is 0. The van der Waals surface area contributed by atoms with E-state index >= 15 is 0 Å². The van der Waals surface area contributed by atoms with E-state index in [4.69, 9.17) is 0 Å². The summed E-state index contributed by atoms with van der Waals surface area (Å²) in [6.45, 7) is 0. The second-order valence-corrected chi connectivity index (χ2v) is 5.61. The van der Waals surface area contributed by atoms with Crippen LogP contribution in [0, 0.1) is 0 Å². The molecule has 1 aromatic heterocycles. The molecule has 0 saturated carbocycles. The van der Waals surface area contributed by atoms with Gasteiger partial charge in [0.1, 0.15) is 0 Å². The first-order chi connectivity index (χ1) is 10.3. The van der Waals surface area contributed by atoms with Crippen molar-refractivity contribution in [1.82, 2.24) is 0 Å². The lowest BCUT2D eigenvalue weighted by atomic mass is 9.96. The molecule has 2 heteroatoms. The van der Waals surface area contributed by atoms with E-state index in [-0.39, 0.29) is 5.78 Å². The van der Waals surface area contributed by atoms with E-state index < -0.39 is 0 Å². The molecular weight excluding hydrogens is 276 g/mol. The topological polar surface area (TPSA) is 17.1 Å². The molecule has 0 saturated heterocycles. The summed E-state index contributed by atoms with van der Waals surface area (Å²) >= 11 is 1.63.